The molecule has 0 saturated carbocycles. The van der Waals surface area contributed by atoms with Crippen LogP contribution < -0.4 is 20.6 Å². The second-order valence-electron chi connectivity index (χ2n) is 9.27. The minimum absolute atomic E-state index is 0.0418. The van der Waals surface area contributed by atoms with E-state index in [2.05, 4.69) is 0 Å². The Bertz CT molecular complexity index is 1830. The van der Waals surface area contributed by atoms with Crippen molar-refractivity contribution < 1.29 is 19.7 Å². The number of hydrogen-bond acceptors (Lipinski definition) is 8. The standard InChI is InChI=1S/C27H26Cl2N4O6S2/c1-30-22(34)19(23(35)31(2)26(30)40)18(20-24(36)32(3)27(41)33(4)25(20)37)14-10-16(29)21(17(11-14)38-5)39-12-13-6-8-15(28)9-7-13/h6-11,18,34,36H,12H2,1-5H3. The Balaban J connectivity index is 2.02. The molecule has 14 heteroatoms. The molecule has 0 amide bonds. The maximum absolute atomic E-state index is 13.6. The third-order valence-electron chi connectivity index (χ3n) is 6.79. The number of methoxy groups -OCH3 is 1. The number of nitrogens with zero attached hydrogens (tertiary/aromatic N) is 4. The van der Waals surface area contributed by atoms with Crippen LogP contribution in [0.5, 0.6) is 23.3 Å². The number of hydrogen-bond donors (Lipinski definition) is 2. The zero-order valence-electron chi connectivity index (χ0n) is 22.6. The highest BCUT2D eigenvalue weighted by molar-refractivity contribution is 7.71. The van der Waals surface area contributed by atoms with Gasteiger partial charge in [0, 0.05) is 33.2 Å². The first-order valence-electron chi connectivity index (χ1n) is 12.0. The zero-order valence-corrected chi connectivity index (χ0v) is 25.8. The molecule has 2 aromatic carbocycles. The van der Waals surface area contributed by atoms with Gasteiger partial charge in [-0.05, 0) is 59.8 Å². The van der Waals surface area contributed by atoms with Gasteiger partial charge < -0.3 is 19.7 Å². The number of benzene rings is 2. The van der Waals surface area contributed by atoms with Crippen LogP contribution in [0, 0.1) is 9.54 Å². The maximum Gasteiger partial charge on any atom is 0.262 e. The number of ether oxygens (including phenoxy) is 2. The summed E-state index contributed by atoms with van der Waals surface area (Å²) in [6, 6.07) is 10.1. The van der Waals surface area contributed by atoms with Crippen molar-refractivity contribution in [2.24, 2.45) is 28.2 Å². The van der Waals surface area contributed by atoms with Crippen molar-refractivity contribution in [2.45, 2.75) is 12.5 Å². The van der Waals surface area contributed by atoms with Gasteiger partial charge in [0.2, 0.25) is 11.8 Å². The van der Waals surface area contributed by atoms with Crippen molar-refractivity contribution >= 4 is 47.6 Å². The van der Waals surface area contributed by atoms with E-state index in [1.165, 1.54) is 56.6 Å². The van der Waals surface area contributed by atoms with Crippen molar-refractivity contribution in [3.8, 4) is 23.3 Å². The van der Waals surface area contributed by atoms with Gasteiger partial charge in [0.25, 0.3) is 11.1 Å². The normalized spacial score (nSPS) is 11.2. The van der Waals surface area contributed by atoms with Gasteiger partial charge in [-0.15, -0.1) is 0 Å². The van der Waals surface area contributed by atoms with Gasteiger partial charge in [0.05, 0.1) is 29.2 Å². The molecule has 0 saturated heterocycles. The molecule has 4 aromatic rings. The van der Waals surface area contributed by atoms with Gasteiger partial charge in [0.15, 0.2) is 21.0 Å². The lowest BCUT2D eigenvalue weighted by molar-refractivity contribution is 0.284. The van der Waals surface area contributed by atoms with Crippen LogP contribution in [0.1, 0.15) is 28.2 Å². The fourth-order valence-corrected chi connectivity index (χ4v) is 5.22. The van der Waals surface area contributed by atoms with Crippen LogP contribution >= 0.6 is 47.6 Å². The second kappa shape index (κ2) is 11.7. The summed E-state index contributed by atoms with van der Waals surface area (Å²) in [5.41, 5.74) is -0.730. The third kappa shape index (κ3) is 5.40. The molecule has 2 aromatic heterocycles. The molecule has 10 nitrogen and oxygen atoms in total. The summed E-state index contributed by atoms with van der Waals surface area (Å²) in [4.78, 5) is 27.2. The van der Waals surface area contributed by atoms with E-state index in [1.807, 2.05) is 0 Å². The van der Waals surface area contributed by atoms with E-state index in [-0.39, 0.29) is 49.4 Å². The van der Waals surface area contributed by atoms with Crippen LogP contribution in [0.15, 0.2) is 46.0 Å². The Kier molecular flexibility index (Phi) is 8.69. The van der Waals surface area contributed by atoms with Gasteiger partial charge >= 0.3 is 0 Å². The van der Waals surface area contributed by atoms with Gasteiger partial charge in [-0.3, -0.25) is 27.9 Å². The highest BCUT2D eigenvalue weighted by Gasteiger charge is 2.33. The molecule has 0 atom stereocenters. The van der Waals surface area contributed by atoms with Crippen LogP contribution in [-0.4, -0.2) is 35.6 Å². The Morgan fingerprint density at radius 1 is 0.829 bits per heavy atom. The number of aromatic hydroxyl groups is 2. The van der Waals surface area contributed by atoms with Crippen molar-refractivity contribution in [3.63, 3.8) is 0 Å². The average molecular weight is 638 g/mol. The monoisotopic (exact) mass is 636 g/mol. The Morgan fingerprint density at radius 3 is 1.78 bits per heavy atom. The van der Waals surface area contributed by atoms with Crippen molar-refractivity contribution in [2.75, 3.05) is 7.11 Å². The quantitative estimate of drug-likeness (QED) is 0.281. The van der Waals surface area contributed by atoms with Crippen molar-refractivity contribution in [1.82, 2.24) is 18.3 Å². The number of halogens is 2. The van der Waals surface area contributed by atoms with Crippen molar-refractivity contribution in [3.05, 3.63) is 98.9 Å². The third-order valence-corrected chi connectivity index (χ3v) is 8.42. The van der Waals surface area contributed by atoms with Crippen molar-refractivity contribution in [1.29, 1.82) is 0 Å². The largest absolute Gasteiger partial charge is 0.494 e. The average Bonchev–Trinajstić information content (AvgIpc) is 2.96. The maximum atomic E-state index is 13.6. The van der Waals surface area contributed by atoms with E-state index in [4.69, 9.17) is 57.1 Å². The lowest BCUT2D eigenvalue weighted by atomic mass is 9.86. The van der Waals surface area contributed by atoms with Gasteiger partial charge in [0.1, 0.15) is 6.61 Å². The number of rotatable bonds is 7. The molecule has 2 heterocycles. The zero-order chi connectivity index (χ0) is 30.3. The first-order chi connectivity index (χ1) is 19.3. The fraction of sp³-hybridized carbons (Fsp3) is 0.259. The van der Waals surface area contributed by atoms with Crippen LogP contribution in [0.25, 0.3) is 0 Å². The predicted molar refractivity (Wildman–Crippen MR) is 161 cm³/mol. The lowest BCUT2D eigenvalue weighted by Crippen LogP contribution is -2.33. The summed E-state index contributed by atoms with van der Waals surface area (Å²) < 4.78 is 16.4. The molecule has 0 bridgehead atoms. The molecule has 0 radical (unpaired) electrons. The molecule has 0 fully saturated rings. The Labute approximate surface area is 254 Å². The van der Waals surface area contributed by atoms with E-state index >= 15 is 0 Å². The highest BCUT2D eigenvalue weighted by Crippen LogP contribution is 2.43. The molecule has 0 aliphatic rings. The van der Waals surface area contributed by atoms with E-state index in [1.54, 1.807) is 24.3 Å². The molecule has 4 rings (SSSR count). The first kappa shape index (κ1) is 30.4. The summed E-state index contributed by atoms with van der Waals surface area (Å²) in [6.07, 6.45) is 0. The second-order valence-corrected chi connectivity index (χ2v) is 10.8. The van der Waals surface area contributed by atoms with E-state index < -0.39 is 28.8 Å². The molecule has 0 aliphatic heterocycles. The first-order valence-corrected chi connectivity index (χ1v) is 13.6. The van der Waals surface area contributed by atoms with Crippen LogP contribution in [0.2, 0.25) is 10.0 Å². The Morgan fingerprint density at radius 2 is 1.32 bits per heavy atom. The smallest absolute Gasteiger partial charge is 0.262 e. The summed E-state index contributed by atoms with van der Waals surface area (Å²) in [5, 5.41) is 23.1. The van der Waals surface area contributed by atoms with Gasteiger partial charge in [-0.1, -0.05) is 35.3 Å². The fourth-order valence-electron chi connectivity index (χ4n) is 4.48. The molecular weight excluding hydrogens is 611 g/mol. The molecule has 0 unspecified atom stereocenters. The summed E-state index contributed by atoms with van der Waals surface area (Å²) >= 11 is 23.2. The lowest BCUT2D eigenvalue weighted by Gasteiger charge is -2.24. The minimum atomic E-state index is -1.33. The van der Waals surface area contributed by atoms with Gasteiger partial charge in [-0.25, -0.2) is 0 Å². The van der Waals surface area contributed by atoms with Crippen LogP contribution in [-0.2, 0) is 34.8 Å². The minimum Gasteiger partial charge on any atom is -0.494 e. The SMILES string of the molecule is COc1cc(C(c2c(O)n(C)c(=S)n(C)c2=O)c2c(O)n(C)c(=S)n(C)c2=O)cc(Cl)c1OCc1ccc(Cl)cc1. The van der Waals surface area contributed by atoms with Gasteiger partial charge in [-0.2, -0.15) is 0 Å². The van der Waals surface area contributed by atoms with Crippen LogP contribution in [0.3, 0.4) is 0 Å². The molecule has 216 valence electrons. The van der Waals surface area contributed by atoms with E-state index in [0.29, 0.717) is 5.02 Å². The van der Waals surface area contributed by atoms with E-state index in [9.17, 15) is 19.8 Å². The molecule has 41 heavy (non-hydrogen) atoms. The highest BCUT2D eigenvalue weighted by atomic mass is 35.5. The number of aromatic nitrogens is 4. The topological polar surface area (TPSA) is 113 Å². The predicted octanol–water partition coefficient (Wildman–Crippen LogP) is 4.71. The molecule has 2 N–H and O–H groups in total. The molecule has 0 spiro atoms. The van der Waals surface area contributed by atoms with Crippen LogP contribution in [0.4, 0.5) is 0 Å². The van der Waals surface area contributed by atoms with E-state index in [0.717, 1.165) is 14.7 Å². The Hall–Kier alpha value is -3.58. The molecule has 0 aliphatic carbocycles. The summed E-state index contributed by atoms with van der Waals surface area (Å²) in [7, 11) is 7.24. The molecular formula is C27H26Cl2N4O6S2. The summed E-state index contributed by atoms with van der Waals surface area (Å²) in [6.45, 7) is 0.144. The summed E-state index contributed by atoms with van der Waals surface area (Å²) in [5.74, 6) is -1.92.